The Morgan fingerprint density at radius 2 is 1.51 bits per heavy atom. The van der Waals surface area contributed by atoms with Crippen LogP contribution in [0.4, 0.5) is 0 Å². The number of amides is 1. The summed E-state index contributed by atoms with van der Waals surface area (Å²) in [7, 11) is 0. The Labute approximate surface area is 269 Å². The van der Waals surface area contributed by atoms with Crippen molar-refractivity contribution in [2.24, 2.45) is 11.5 Å². The molecule has 2 atom stereocenters. The number of hydrogen-bond donors (Lipinski definition) is 4. The number of ketones is 2. The van der Waals surface area contributed by atoms with Crippen molar-refractivity contribution in [3.05, 3.63) is 88.4 Å². The maximum Gasteiger partial charge on any atom is 0.341 e. The lowest BCUT2D eigenvalue weighted by Crippen LogP contribution is -2.63. The topological polar surface area (TPSA) is 188 Å². The van der Waals surface area contributed by atoms with E-state index in [1.807, 2.05) is 42.5 Å². The van der Waals surface area contributed by atoms with Crippen molar-refractivity contribution >= 4 is 52.6 Å². The molecule has 3 rings (SSSR count). The minimum Gasteiger partial charge on any atom is -0.485 e. The minimum atomic E-state index is -2.20. The van der Waals surface area contributed by atoms with Crippen LogP contribution in [-0.4, -0.2) is 65.9 Å². The fraction of sp³-hybridized carbons (Fsp3) is 0.281. The second kappa shape index (κ2) is 16.7. The van der Waals surface area contributed by atoms with E-state index in [-0.39, 0.29) is 35.0 Å². The van der Waals surface area contributed by atoms with Gasteiger partial charge in [-0.1, -0.05) is 77.8 Å². The van der Waals surface area contributed by atoms with Crippen molar-refractivity contribution in [2.75, 3.05) is 19.8 Å². The van der Waals surface area contributed by atoms with Crippen molar-refractivity contribution in [3.8, 4) is 16.9 Å². The molecule has 3 aromatic rings. The van der Waals surface area contributed by atoms with Crippen LogP contribution in [0.5, 0.6) is 5.75 Å². The molecular weight excluding hydrogens is 625 g/mol. The molecule has 0 radical (unpaired) electrons. The van der Waals surface area contributed by atoms with Crippen LogP contribution in [0.15, 0.2) is 72.8 Å². The molecule has 1 amide bonds. The number of nitrogens with two attached hydrogens (primary N) is 2. The average Bonchev–Trinajstić information content (AvgIpc) is 3.02. The van der Waals surface area contributed by atoms with Gasteiger partial charge in [0.05, 0.1) is 22.0 Å². The fourth-order valence-electron chi connectivity index (χ4n) is 4.36. The van der Waals surface area contributed by atoms with Crippen LogP contribution >= 0.6 is 23.2 Å². The summed E-state index contributed by atoms with van der Waals surface area (Å²) in [4.78, 5) is 64.1. The molecule has 0 saturated heterocycles. The lowest BCUT2D eigenvalue weighted by molar-refractivity contribution is -0.142. The summed E-state index contributed by atoms with van der Waals surface area (Å²) in [6.07, 6.45) is -0.314. The van der Waals surface area contributed by atoms with E-state index in [9.17, 15) is 29.1 Å². The number of esters is 1. The van der Waals surface area contributed by atoms with Crippen LogP contribution in [0.2, 0.25) is 10.0 Å². The molecule has 0 aliphatic heterocycles. The van der Waals surface area contributed by atoms with E-state index in [0.29, 0.717) is 17.7 Å². The number of unbranched alkanes of at least 4 members (excludes halogenated alkanes) is 1. The van der Waals surface area contributed by atoms with Gasteiger partial charge in [-0.15, -0.1) is 0 Å². The first-order valence-corrected chi connectivity index (χ1v) is 14.7. The molecule has 11 nitrogen and oxygen atoms in total. The number of nitrogens with one attached hydrogen (secondary N) is 1. The van der Waals surface area contributed by atoms with Gasteiger partial charge in [0.25, 0.3) is 0 Å². The molecule has 0 aliphatic rings. The first-order chi connectivity index (χ1) is 21.5. The highest BCUT2D eigenvalue weighted by Crippen LogP contribution is 2.30. The van der Waals surface area contributed by atoms with Crippen molar-refractivity contribution < 1.29 is 38.6 Å². The molecule has 0 unspecified atom stereocenters. The van der Waals surface area contributed by atoms with Crippen LogP contribution < -0.4 is 21.5 Å². The molecular formula is C32H33Cl2N3O8. The Bertz CT molecular complexity index is 1520. The number of aliphatic carboxylic acids is 1. The number of carbonyl (C=O) groups excluding carboxylic acids is 4. The van der Waals surface area contributed by atoms with Gasteiger partial charge in [-0.3, -0.25) is 19.2 Å². The maximum absolute atomic E-state index is 13.5. The Kier molecular flexibility index (Phi) is 13.1. The highest BCUT2D eigenvalue weighted by atomic mass is 35.5. The van der Waals surface area contributed by atoms with Gasteiger partial charge in [-0.2, -0.15) is 0 Å². The molecule has 45 heavy (non-hydrogen) atoms. The number of carboxylic acids is 1. The number of hydrogen-bond acceptors (Lipinski definition) is 9. The zero-order valence-electron chi connectivity index (χ0n) is 24.2. The number of para-hydroxylation sites is 1. The van der Waals surface area contributed by atoms with Crippen LogP contribution in [0.3, 0.4) is 0 Å². The highest BCUT2D eigenvalue weighted by molar-refractivity contribution is 6.39. The summed E-state index contributed by atoms with van der Waals surface area (Å²) in [6.45, 7) is -1.24. The lowest BCUT2D eigenvalue weighted by Gasteiger charge is -2.29. The number of ether oxygens (including phenoxy) is 2. The Hall–Kier alpha value is -4.29. The van der Waals surface area contributed by atoms with Crippen LogP contribution in [0, 0.1) is 0 Å². The predicted octanol–water partition coefficient (Wildman–Crippen LogP) is 3.82. The number of Topliss-reactive ketones (excluding diaryl/α,β-unsaturated/α-hetero) is 2. The van der Waals surface area contributed by atoms with Crippen LogP contribution in [-0.2, 0) is 23.9 Å². The lowest BCUT2D eigenvalue weighted by atomic mass is 9.87. The normalized spacial score (nSPS) is 12.8. The van der Waals surface area contributed by atoms with Gasteiger partial charge in [0.2, 0.25) is 5.91 Å². The molecule has 0 saturated carbocycles. The average molecular weight is 659 g/mol. The molecule has 3 aromatic carbocycles. The maximum atomic E-state index is 13.5. The van der Waals surface area contributed by atoms with Gasteiger partial charge in [0.15, 0.2) is 23.7 Å². The summed E-state index contributed by atoms with van der Waals surface area (Å²) < 4.78 is 10.8. The molecule has 0 aromatic heterocycles. The zero-order chi connectivity index (χ0) is 33.0. The predicted molar refractivity (Wildman–Crippen MR) is 168 cm³/mol. The summed E-state index contributed by atoms with van der Waals surface area (Å²) in [5.74, 6) is -4.96. The van der Waals surface area contributed by atoms with E-state index in [0.717, 1.165) is 5.56 Å². The number of carboxylic acid groups (broad SMARTS) is 1. The Balaban J connectivity index is 1.77. The van der Waals surface area contributed by atoms with Crippen LogP contribution in [0.25, 0.3) is 11.1 Å². The van der Waals surface area contributed by atoms with Crippen molar-refractivity contribution in [1.82, 2.24) is 5.32 Å². The molecule has 6 N–H and O–H groups in total. The number of rotatable bonds is 17. The fourth-order valence-corrected chi connectivity index (χ4v) is 4.91. The summed E-state index contributed by atoms with van der Waals surface area (Å²) in [5.41, 5.74) is 11.1. The molecule has 0 bridgehead atoms. The molecule has 0 aliphatic carbocycles. The van der Waals surface area contributed by atoms with Crippen molar-refractivity contribution in [2.45, 2.75) is 37.3 Å². The Morgan fingerprint density at radius 1 is 0.867 bits per heavy atom. The summed E-state index contributed by atoms with van der Waals surface area (Å²) >= 11 is 12.0. The zero-order valence-corrected chi connectivity index (χ0v) is 25.7. The third-order valence-electron chi connectivity index (χ3n) is 6.84. The number of carbonyl (C=O) groups is 5. The van der Waals surface area contributed by atoms with E-state index in [1.165, 1.54) is 18.2 Å². The third-order valence-corrected chi connectivity index (χ3v) is 7.47. The van der Waals surface area contributed by atoms with Gasteiger partial charge in [0.1, 0.15) is 18.4 Å². The van der Waals surface area contributed by atoms with Gasteiger partial charge in [-0.05, 0) is 49.6 Å². The van der Waals surface area contributed by atoms with Gasteiger partial charge in [0, 0.05) is 5.56 Å². The SMILES string of the molecule is NCCCC[C@@](N)(C(=O)COc1ccccc1-c1ccccc1)C(=O)N[C@@H](CC(=O)O)C(=O)COC(=O)c1c(Cl)cccc1Cl. The minimum absolute atomic E-state index is 0.0205. The van der Waals surface area contributed by atoms with Gasteiger partial charge < -0.3 is 31.4 Å². The van der Waals surface area contributed by atoms with Gasteiger partial charge in [-0.25, -0.2) is 4.79 Å². The van der Waals surface area contributed by atoms with E-state index in [4.69, 9.17) is 44.1 Å². The smallest absolute Gasteiger partial charge is 0.341 e. The molecule has 238 valence electrons. The van der Waals surface area contributed by atoms with Crippen molar-refractivity contribution in [3.63, 3.8) is 0 Å². The molecule has 0 spiro atoms. The van der Waals surface area contributed by atoms with E-state index in [1.54, 1.807) is 12.1 Å². The number of halogens is 2. The van der Waals surface area contributed by atoms with E-state index >= 15 is 0 Å². The van der Waals surface area contributed by atoms with E-state index < -0.39 is 60.6 Å². The second-order valence-corrected chi connectivity index (χ2v) is 10.9. The molecule has 13 heteroatoms. The monoisotopic (exact) mass is 657 g/mol. The molecule has 0 heterocycles. The van der Waals surface area contributed by atoms with Crippen LogP contribution in [0.1, 0.15) is 36.0 Å². The van der Waals surface area contributed by atoms with Crippen molar-refractivity contribution in [1.29, 1.82) is 0 Å². The first-order valence-electron chi connectivity index (χ1n) is 13.9. The highest BCUT2D eigenvalue weighted by Gasteiger charge is 2.43. The quantitative estimate of drug-likeness (QED) is 0.0943. The standard InChI is InChI=1S/C32H33Cl2N3O8/c33-22-12-8-13-23(34)29(22)30(42)45-18-25(38)24(17-28(40)41)37-31(43)32(36,15-6-7-16-35)27(39)19-44-26-14-5-4-11-21(26)20-9-2-1-3-10-20/h1-5,8-14,24H,6-7,15-19,35-36H2,(H,37,43)(H,40,41)/t24-,32+/m0/s1. The molecule has 0 fully saturated rings. The summed E-state index contributed by atoms with van der Waals surface area (Å²) in [6, 6.07) is 18.9. The largest absolute Gasteiger partial charge is 0.485 e. The van der Waals surface area contributed by atoms with Gasteiger partial charge >= 0.3 is 11.9 Å². The number of benzene rings is 3. The third kappa shape index (κ3) is 9.60. The summed E-state index contributed by atoms with van der Waals surface area (Å²) in [5, 5.41) is 11.6. The van der Waals surface area contributed by atoms with E-state index in [2.05, 4.69) is 5.32 Å². The second-order valence-electron chi connectivity index (χ2n) is 10.1. The Morgan fingerprint density at radius 3 is 2.16 bits per heavy atom. The first kappa shape index (κ1) is 35.2.